The van der Waals surface area contributed by atoms with Crippen molar-refractivity contribution in [2.45, 2.75) is 0 Å². The van der Waals surface area contributed by atoms with E-state index in [9.17, 15) is 0 Å². The SMILES string of the molecule is COc1ccc(Nc2cccc(OC)c2OC)c(OC)c1. The van der Waals surface area contributed by atoms with Crippen LogP contribution in [0.1, 0.15) is 0 Å². The number of para-hydroxylation sites is 1. The van der Waals surface area contributed by atoms with Crippen molar-refractivity contribution in [3.05, 3.63) is 36.4 Å². The van der Waals surface area contributed by atoms with Gasteiger partial charge in [-0.15, -0.1) is 0 Å². The van der Waals surface area contributed by atoms with Crippen molar-refractivity contribution in [2.24, 2.45) is 0 Å². The third kappa shape index (κ3) is 3.13. The van der Waals surface area contributed by atoms with Crippen LogP contribution in [-0.2, 0) is 0 Å². The molecule has 0 heterocycles. The molecule has 5 heteroatoms. The Labute approximate surface area is 124 Å². The highest BCUT2D eigenvalue weighted by atomic mass is 16.5. The standard InChI is InChI=1S/C16H19NO4/c1-18-11-8-9-12(15(10-11)20-3)17-13-6-5-7-14(19-2)16(13)21-4/h5-10,17H,1-4H3. The molecule has 21 heavy (non-hydrogen) atoms. The fraction of sp³-hybridized carbons (Fsp3) is 0.250. The molecule has 112 valence electrons. The molecule has 0 saturated heterocycles. The summed E-state index contributed by atoms with van der Waals surface area (Å²) in [5, 5.41) is 3.28. The van der Waals surface area contributed by atoms with Gasteiger partial charge in [-0.3, -0.25) is 0 Å². The molecule has 0 radical (unpaired) electrons. The second kappa shape index (κ2) is 6.74. The third-order valence-corrected chi connectivity index (χ3v) is 3.08. The Morgan fingerprint density at radius 3 is 2.10 bits per heavy atom. The molecule has 0 aliphatic heterocycles. The Morgan fingerprint density at radius 2 is 1.48 bits per heavy atom. The molecule has 5 nitrogen and oxygen atoms in total. The van der Waals surface area contributed by atoms with E-state index in [4.69, 9.17) is 18.9 Å². The number of hydrogen-bond acceptors (Lipinski definition) is 5. The van der Waals surface area contributed by atoms with Crippen LogP contribution in [0.5, 0.6) is 23.0 Å². The molecule has 0 unspecified atom stereocenters. The molecule has 0 aromatic heterocycles. The molecule has 0 atom stereocenters. The van der Waals surface area contributed by atoms with Gasteiger partial charge in [0.15, 0.2) is 11.5 Å². The molecule has 0 amide bonds. The number of rotatable bonds is 6. The number of benzene rings is 2. The van der Waals surface area contributed by atoms with Gasteiger partial charge in [-0.2, -0.15) is 0 Å². The summed E-state index contributed by atoms with van der Waals surface area (Å²) >= 11 is 0. The van der Waals surface area contributed by atoms with Crippen molar-refractivity contribution >= 4 is 11.4 Å². The van der Waals surface area contributed by atoms with Crippen LogP contribution < -0.4 is 24.3 Å². The molecule has 0 aliphatic carbocycles. The molecular weight excluding hydrogens is 270 g/mol. The van der Waals surface area contributed by atoms with E-state index in [1.807, 2.05) is 36.4 Å². The zero-order valence-electron chi connectivity index (χ0n) is 12.6. The first-order chi connectivity index (χ1) is 10.2. The third-order valence-electron chi connectivity index (χ3n) is 3.08. The van der Waals surface area contributed by atoms with Crippen LogP contribution in [0.25, 0.3) is 0 Å². The van der Waals surface area contributed by atoms with E-state index in [2.05, 4.69) is 5.32 Å². The zero-order chi connectivity index (χ0) is 15.2. The molecule has 2 aromatic carbocycles. The monoisotopic (exact) mass is 289 g/mol. The van der Waals surface area contributed by atoms with Gasteiger partial charge >= 0.3 is 0 Å². The molecule has 0 fully saturated rings. The van der Waals surface area contributed by atoms with Crippen LogP contribution in [0.2, 0.25) is 0 Å². The molecule has 2 rings (SSSR count). The zero-order valence-corrected chi connectivity index (χ0v) is 12.6. The van der Waals surface area contributed by atoms with Crippen LogP contribution in [0.15, 0.2) is 36.4 Å². The van der Waals surface area contributed by atoms with E-state index < -0.39 is 0 Å². The highest BCUT2D eigenvalue weighted by molar-refractivity contribution is 5.73. The Kier molecular flexibility index (Phi) is 4.77. The normalized spacial score (nSPS) is 9.90. The minimum Gasteiger partial charge on any atom is -0.497 e. The van der Waals surface area contributed by atoms with Gasteiger partial charge in [0, 0.05) is 6.07 Å². The summed E-state index contributed by atoms with van der Waals surface area (Å²) in [6.45, 7) is 0. The maximum absolute atomic E-state index is 5.40. The smallest absolute Gasteiger partial charge is 0.184 e. The Hall–Kier alpha value is -2.56. The molecule has 0 bridgehead atoms. The fourth-order valence-electron chi connectivity index (χ4n) is 2.03. The van der Waals surface area contributed by atoms with E-state index in [1.54, 1.807) is 28.4 Å². The van der Waals surface area contributed by atoms with Crippen LogP contribution in [0.4, 0.5) is 11.4 Å². The predicted molar refractivity (Wildman–Crippen MR) is 82.4 cm³/mol. The first-order valence-electron chi connectivity index (χ1n) is 6.43. The van der Waals surface area contributed by atoms with E-state index in [0.29, 0.717) is 17.2 Å². The molecular formula is C16H19NO4. The topological polar surface area (TPSA) is 49.0 Å². The van der Waals surface area contributed by atoms with Gasteiger partial charge in [0.25, 0.3) is 0 Å². The van der Waals surface area contributed by atoms with Crippen LogP contribution >= 0.6 is 0 Å². The van der Waals surface area contributed by atoms with Gasteiger partial charge in [-0.25, -0.2) is 0 Å². The molecule has 1 N–H and O–H groups in total. The Bertz CT molecular complexity index is 613. The lowest BCUT2D eigenvalue weighted by Crippen LogP contribution is -1.99. The van der Waals surface area contributed by atoms with Gasteiger partial charge in [0.1, 0.15) is 11.5 Å². The lowest BCUT2D eigenvalue weighted by atomic mass is 10.2. The molecule has 0 spiro atoms. The Balaban J connectivity index is 2.38. The van der Waals surface area contributed by atoms with Gasteiger partial charge < -0.3 is 24.3 Å². The largest absolute Gasteiger partial charge is 0.497 e. The molecule has 0 aliphatic rings. The first-order valence-corrected chi connectivity index (χ1v) is 6.43. The highest BCUT2D eigenvalue weighted by Crippen LogP contribution is 2.39. The van der Waals surface area contributed by atoms with Crippen LogP contribution in [-0.4, -0.2) is 28.4 Å². The second-order valence-corrected chi connectivity index (χ2v) is 4.23. The van der Waals surface area contributed by atoms with Crippen molar-refractivity contribution in [2.75, 3.05) is 33.8 Å². The van der Waals surface area contributed by atoms with Gasteiger partial charge in [0.2, 0.25) is 0 Å². The van der Waals surface area contributed by atoms with Crippen molar-refractivity contribution in [3.63, 3.8) is 0 Å². The number of ether oxygens (including phenoxy) is 4. The average Bonchev–Trinajstić information content (AvgIpc) is 2.54. The van der Waals surface area contributed by atoms with E-state index in [1.165, 1.54) is 0 Å². The van der Waals surface area contributed by atoms with E-state index in [-0.39, 0.29) is 0 Å². The minimum absolute atomic E-state index is 0.637. The minimum atomic E-state index is 0.637. The van der Waals surface area contributed by atoms with Crippen molar-refractivity contribution in [1.82, 2.24) is 0 Å². The molecule has 2 aromatic rings. The van der Waals surface area contributed by atoms with E-state index >= 15 is 0 Å². The average molecular weight is 289 g/mol. The van der Waals surface area contributed by atoms with Crippen LogP contribution in [0.3, 0.4) is 0 Å². The van der Waals surface area contributed by atoms with Crippen LogP contribution in [0, 0.1) is 0 Å². The first kappa shape index (κ1) is 14.8. The summed E-state index contributed by atoms with van der Waals surface area (Å²) in [5.41, 5.74) is 1.60. The van der Waals surface area contributed by atoms with Crippen molar-refractivity contribution < 1.29 is 18.9 Å². The summed E-state index contributed by atoms with van der Waals surface area (Å²) in [6, 6.07) is 11.2. The summed E-state index contributed by atoms with van der Waals surface area (Å²) in [4.78, 5) is 0. The number of methoxy groups -OCH3 is 4. The Morgan fingerprint density at radius 1 is 0.714 bits per heavy atom. The van der Waals surface area contributed by atoms with Gasteiger partial charge in [-0.1, -0.05) is 6.07 Å². The fourth-order valence-corrected chi connectivity index (χ4v) is 2.03. The lowest BCUT2D eigenvalue weighted by molar-refractivity contribution is 0.356. The summed E-state index contributed by atoms with van der Waals surface area (Å²) < 4.78 is 21.3. The predicted octanol–water partition coefficient (Wildman–Crippen LogP) is 3.46. The maximum Gasteiger partial charge on any atom is 0.184 e. The number of anilines is 2. The maximum atomic E-state index is 5.40. The summed E-state index contributed by atoms with van der Waals surface area (Å²) in [7, 11) is 6.44. The number of nitrogens with one attached hydrogen (secondary N) is 1. The second-order valence-electron chi connectivity index (χ2n) is 4.23. The van der Waals surface area contributed by atoms with E-state index in [0.717, 1.165) is 17.1 Å². The molecule has 0 saturated carbocycles. The summed E-state index contributed by atoms with van der Waals surface area (Å²) in [5.74, 6) is 2.71. The van der Waals surface area contributed by atoms with Crippen molar-refractivity contribution in [3.8, 4) is 23.0 Å². The lowest BCUT2D eigenvalue weighted by Gasteiger charge is -2.16. The van der Waals surface area contributed by atoms with Crippen molar-refractivity contribution in [1.29, 1.82) is 0 Å². The van der Waals surface area contributed by atoms with Gasteiger partial charge in [-0.05, 0) is 24.3 Å². The quantitative estimate of drug-likeness (QED) is 0.882. The summed E-state index contributed by atoms with van der Waals surface area (Å²) in [6.07, 6.45) is 0. The van der Waals surface area contributed by atoms with Gasteiger partial charge in [0.05, 0.1) is 39.8 Å². The highest BCUT2D eigenvalue weighted by Gasteiger charge is 2.12. The number of hydrogen-bond donors (Lipinski definition) is 1.